The summed E-state index contributed by atoms with van der Waals surface area (Å²) in [6.07, 6.45) is 0. The molecule has 0 fully saturated rings. The molecule has 0 saturated carbocycles. The third kappa shape index (κ3) is 2.82. The Morgan fingerprint density at radius 1 is 1.30 bits per heavy atom. The number of hydrogen-bond acceptors (Lipinski definition) is 4. The van der Waals surface area contributed by atoms with Crippen LogP contribution in [0.25, 0.3) is 0 Å². The molecule has 2 aromatic rings. The lowest BCUT2D eigenvalue weighted by atomic mass is 10.1. The number of carboxylic acids is 1. The van der Waals surface area contributed by atoms with Gasteiger partial charge in [0, 0.05) is 17.6 Å². The summed E-state index contributed by atoms with van der Waals surface area (Å²) in [6.45, 7) is 5.60. The molecule has 5 heteroatoms. The maximum atomic E-state index is 11.1. The van der Waals surface area contributed by atoms with E-state index in [0.29, 0.717) is 0 Å². The van der Waals surface area contributed by atoms with Crippen LogP contribution in [0.4, 0.5) is 10.8 Å². The van der Waals surface area contributed by atoms with Gasteiger partial charge in [-0.15, -0.1) is 11.3 Å². The van der Waals surface area contributed by atoms with Gasteiger partial charge in [0.25, 0.3) is 0 Å². The normalized spacial score (nSPS) is 12.2. The van der Waals surface area contributed by atoms with Gasteiger partial charge in [0.15, 0.2) is 5.13 Å². The SMILES string of the molecule is Cc1ccc(N(C)c2nc(C)c(C(C)C(=O)O)s2)cc1. The number of carboxylic acid groups (broad SMARTS) is 1. The molecule has 1 atom stereocenters. The standard InChI is InChI=1S/C15H18N2O2S/c1-9-5-7-12(8-6-9)17(4)15-16-11(3)13(20-15)10(2)14(18)19/h5-8,10H,1-4H3,(H,18,19). The quantitative estimate of drug-likeness (QED) is 0.932. The zero-order valence-electron chi connectivity index (χ0n) is 12.0. The van der Waals surface area contributed by atoms with Crippen LogP contribution in [0.2, 0.25) is 0 Å². The Balaban J connectivity index is 2.32. The molecule has 0 radical (unpaired) electrons. The number of rotatable bonds is 4. The van der Waals surface area contributed by atoms with Crippen LogP contribution in [0.15, 0.2) is 24.3 Å². The smallest absolute Gasteiger partial charge is 0.311 e. The van der Waals surface area contributed by atoms with Gasteiger partial charge in [-0.3, -0.25) is 4.79 Å². The van der Waals surface area contributed by atoms with Crippen molar-refractivity contribution in [2.24, 2.45) is 0 Å². The van der Waals surface area contributed by atoms with Crippen LogP contribution in [0.3, 0.4) is 0 Å². The second kappa shape index (κ2) is 5.63. The van der Waals surface area contributed by atoms with Gasteiger partial charge in [0.1, 0.15) is 0 Å². The predicted molar refractivity (Wildman–Crippen MR) is 82.1 cm³/mol. The van der Waals surface area contributed by atoms with E-state index in [2.05, 4.69) is 4.98 Å². The molecule has 0 bridgehead atoms. The first-order valence-electron chi connectivity index (χ1n) is 6.40. The van der Waals surface area contributed by atoms with E-state index in [9.17, 15) is 4.79 Å². The third-order valence-electron chi connectivity index (χ3n) is 3.29. The average Bonchev–Trinajstić information content (AvgIpc) is 2.80. The number of aryl methyl sites for hydroxylation is 2. The fourth-order valence-electron chi connectivity index (χ4n) is 1.93. The van der Waals surface area contributed by atoms with E-state index in [-0.39, 0.29) is 0 Å². The topological polar surface area (TPSA) is 53.4 Å². The molecule has 106 valence electrons. The Kier molecular flexibility index (Phi) is 4.09. The minimum atomic E-state index is -0.818. The van der Waals surface area contributed by atoms with Gasteiger partial charge in [-0.1, -0.05) is 17.7 Å². The second-order valence-electron chi connectivity index (χ2n) is 4.90. The zero-order valence-corrected chi connectivity index (χ0v) is 12.9. The largest absolute Gasteiger partial charge is 0.481 e. The summed E-state index contributed by atoms with van der Waals surface area (Å²) in [5.41, 5.74) is 3.04. The van der Waals surface area contributed by atoms with Gasteiger partial charge in [-0.25, -0.2) is 4.98 Å². The van der Waals surface area contributed by atoms with Crippen LogP contribution in [0, 0.1) is 13.8 Å². The second-order valence-corrected chi connectivity index (χ2v) is 5.91. The molecule has 0 aliphatic heterocycles. The molecular formula is C15H18N2O2S. The highest BCUT2D eigenvalue weighted by Crippen LogP contribution is 2.34. The highest BCUT2D eigenvalue weighted by molar-refractivity contribution is 7.16. The molecule has 1 N–H and O–H groups in total. The van der Waals surface area contributed by atoms with Crippen molar-refractivity contribution in [3.8, 4) is 0 Å². The Labute approximate surface area is 122 Å². The third-order valence-corrected chi connectivity index (χ3v) is 4.71. The van der Waals surface area contributed by atoms with Crippen molar-refractivity contribution in [3.63, 3.8) is 0 Å². The van der Waals surface area contributed by atoms with Crippen LogP contribution >= 0.6 is 11.3 Å². The van der Waals surface area contributed by atoms with Crippen LogP contribution < -0.4 is 4.90 Å². The molecule has 2 rings (SSSR count). The lowest BCUT2D eigenvalue weighted by molar-refractivity contribution is -0.138. The van der Waals surface area contributed by atoms with Crippen molar-refractivity contribution in [1.82, 2.24) is 4.98 Å². The number of aromatic nitrogens is 1. The first-order valence-corrected chi connectivity index (χ1v) is 7.22. The van der Waals surface area contributed by atoms with Gasteiger partial charge >= 0.3 is 5.97 Å². The minimum absolute atomic E-state index is 0.521. The van der Waals surface area contributed by atoms with Gasteiger partial charge in [-0.05, 0) is 32.9 Å². The predicted octanol–water partition coefficient (Wildman–Crippen LogP) is 3.72. The summed E-state index contributed by atoms with van der Waals surface area (Å²) in [4.78, 5) is 18.4. The number of thiazole rings is 1. The Morgan fingerprint density at radius 3 is 2.45 bits per heavy atom. The molecule has 1 aromatic heterocycles. The number of carbonyl (C=O) groups is 1. The summed E-state index contributed by atoms with van der Waals surface area (Å²) < 4.78 is 0. The van der Waals surface area contributed by atoms with E-state index in [0.717, 1.165) is 21.4 Å². The summed E-state index contributed by atoms with van der Waals surface area (Å²) in [6, 6.07) is 8.17. The first-order chi connectivity index (χ1) is 9.40. The molecule has 1 unspecified atom stereocenters. The number of hydrogen-bond donors (Lipinski definition) is 1. The van der Waals surface area contributed by atoms with Crippen LogP contribution in [-0.2, 0) is 4.79 Å². The Morgan fingerprint density at radius 2 is 1.90 bits per heavy atom. The van der Waals surface area contributed by atoms with E-state index in [1.807, 2.05) is 50.1 Å². The lowest BCUT2D eigenvalue weighted by Crippen LogP contribution is -2.08. The number of nitrogens with zero attached hydrogens (tertiary/aromatic N) is 2. The van der Waals surface area contributed by atoms with Crippen molar-refractivity contribution in [2.45, 2.75) is 26.7 Å². The number of benzene rings is 1. The van der Waals surface area contributed by atoms with Crippen molar-refractivity contribution < 1.29 is 9.90 Å². The summed E-state index contributed by atoms with van der Waals surface area (Å²) >= 11 is 1.44. The van der Waals surface area contributed by atoms with Crippen molar-refractivity contribution in [1.29, 1.82) is 0 Å². The van der Waals surface area contributed by atoms with E-state index in [4.69, 9.17) is 5.11 Å². The van der Waals surface area contributed by atoms with Crippen LogP contribution in [-0.4, -0.2) is 23.1 Å². The molecule has 1 heterocycles. The molecule has 1 aromatic carbocycles. The molecule has 0 amide bonds. The summed E-state index contributed by atoms with van der Waals surface area (Å²) in [5.74, 6) is -1.34. The molecule has 0 spiro atoms. The maximum Gasteiger partial charge on any atom is 0.311 e. The van der Waals surface area contributed by atoms with E-state index in [1.54, 1.807) is 6.92 Å². The van der Waals surface area contributed by atoms with E-state index in [1.165, 1.54) is 16.9 Å². The van der Waals surface area contributed by atoms with Crippen LogP contribution in [0.5, 0.6) is 0 Å². The molecule has 0 aliphatic rings. The molecular weight excluding hydrogens is 272 g/mol. The molecule has 20 heavy (non-hydrogen) atoms. The average molecular weight is 290 g/mol. The zero-order chi connectivity index (χ0) is 14.9. The lowest BCUT2D eigenvalue weighted by Gasteiger charge is -2.15. The van der Waals surface area contributed by atoms with Gasteiger partial charge in [-0.2, -0.15) is 0 Å². The fourth-order valence-corrected chi connectivity index (χ4v) is 3.02. The monoisotopic (exact) mass is 290 g/mol. The van der Waals surface area contributed by atoms with Crippen LogP contribution in [0.1, 0.15) is 29.0 Å². The molecule has 0 aliphatic carbocycles. The Hall–Kier alpha value is -1.88. The van der Waals surface area contributed by atoms with Crippen molar-refractivity contribution in [2.75, 3.05) is 11.9 Å². The van der Waals surface area contributed by atoms with Crippen molar-refractivity contribution >= 4 is 28.1 Å². The minimum Gasteiger partial charge on any atom is -0.481 e. The number of anilines is 2. The molecule has 0 saturated heterocycles. The van der Waals surface area contributed by atoms with Crippen molar-refractivity contribution in [3.05, 3.63) is 40.4 Å². The first kappa shape index (κ1) is 14.5. The van der Waals surface area contributed by atoms with E-state index >= 15 is 0 Å². The highest BCUT2D eigenvalue weighted by Gasteiger charge is 2.21. The number of aliphatic carboxylic acids is 1. The van der Waals surface area contributed by atoms with Gasteiger partial charge in [0.2, 0.25) is 0 Å². The summed E-state index contributed by atoms with van der Waals surface area (Å²) in [5, 5.41) is 9.93. The Bertz CT molecular complexity index is 619. The van der Waals surface area contributed by atoms with E-state index < -0.39 is 11.9 Å². The summed E-state index contributed by atoms with van der Waals surface area (Å²) in [7, 11) is 1.94. The van der Waals surface area contributed by atoms with Gasteiger partial charge in [0.05, 0.1) is 11.6 Å². The fraction of sp³-hybridized carbons (Fsp3) is 0.333. The molecule has 4 nitrogen and oxygen atoms in total. The van der Waals surface area contributed by atoms with Gasteiger partial charge < -0.3 is 10.0 Å². The highest BCUT2D eigenvalue weighted by atomic mass is 32.1. The maximum absolute atomic E-state index is 11.1.